The molecule has 2 rings (SSSR count). The molecule has 0 bridgehead atoms. The molecule has 7 heteroatoms. The normalized spacial score (nSPS) is 18.1. The number of alkyl carbamates (subject to hydrolysis) is 1. The molecular formula is C11H10ClNO5. The van der Waals surface area contributed by atoms with E-state index in [-0.39, 0.29) is 17.9 Å². The third-order valence-corrected chi connectivity index (χ3v) is 2.58. The third-order valence-electron chi connectivity index (χ3n) is 2.35. The van der Waals surface area contributed by atoms with Gasteiger partial charge in [-0.15, -0.1) is 0 Å². The van der Waals surface area contributed by atoms with E-state index in [0.29, 0.717) is 11.6 Å². The van der Waals surface area contributed by atoms with E-state index in [1.54, 1.807) is 0 Å². The number of aromatic carboxylic acids is 1. The fraction of sp³-hybridized carbons (Fsp3) is 0.273. The van der Waals surface area contributed by atoms with Crippen molar-refractivity contribution in [2.24, 2.45) is 0 Å². The lowest BCUT2D eigenvalue weighted by Gasteiger charge is -2.12. The number of hydrogen-bond acceptors (Lipinski definition) is 4. The lowest BCUT2D eigenvalue weighted by molar-refractivity contribution is 0.0684. The summed E-state index contributed by atoms with van der Waals surface area (Å²) in [6, 6.07) is 4.24. The first kappa shape index (κ1) is 12.5. The molecule has 1 aliphatic rings. The minimum atomic E-state index is -1.11. The van der Waals surface area contributed by atoms with Gasteiger partial charge in [-0.3, -0.25) is 0 Å². The van der Waals surface area contributed by atoms with Crippen molar-refractivity contribution in [3.63, 3.8) is 0 Å². The first-order chi connectivity index (χ1) is 8.56. The van der Waals surface area contributed by atoms with Crippen molar-refractivity contribution in [1.82, 2.24) is 5.32 Å². The molecule has 1 heterocycles. The van der Waals surface area contributed by atoms with Crippen LogP contribution in [-0.4, -0.2) is 36.4 Å². The Morgan fingerprint density at radius 2 is 2.39 bits per heavy atom. The van der Waals surface area contributed by atoms with E-state index in [1.165, 1.54) is 18.2 Å². The predicted molar refractivity (Wildman–Crippen MR) is 62.2 cm³/mol. The highest BCUT2D eigenvalue weighted by molar-refractivity contribution is 6.30. The van der Waals surface area contributed by atoms with E-state index in [9.17, 15) is 9.59 Å². The number of benzene rings is 1. The van der Waals surface area contributed by atoms with Crippen LogP contribution >= 0.6 is 11.6 Å². The molecule has 6 nitrogen and oxygen atoms in total. The first-order valence-corrected chi connectivity index (χ1v) is 5.54. The van der Waals surface area contributed by atoms with Crippen LogP contribution in [0.25, 0.3) is 0 Å². The largest absolute Gasteiger partial charge is 0.489 e. The Morgan fingerprint density at radius 1 is 1.61 bits per heavy atom. The van der Waals surface area contributed by atoms with Gasteiger partial charge >= 0.3 is 12.1 Å². The summed E-state index contributed by atoms with van der Waals surface area (Å²) in [5.74, 6) is -0.957. The molecule has 1 saturated heterocycles. The van der Waals surface area contributed by atoms with Gasteiger partial charge in [0.25, 0.3) is 0 Å². The molecule has 0 radical (unpaired) electrons. The zero-order chi connectivity index (χ0) is 13.1. The van der Waals surface area contributed by atoms with Crippen LogP contribution in [0.1, 0.15) is 10.4 Å². The van der Waals surface area contributed by atoms with Crippen molar-refractivity contribution in [2.75, 3.05) is 13.2 Å². The quantitative estimate of drug-likeness (QED) is 0.867. The van der Waals surface area contributed by atoms with E-state index in [0.717, 1.165) is 0 Å². The van der Waals surface area contributed by atoms with Gasteiger partial charge in [-0.25, -0.2) is 9.59 Å². The average molecular weight is 272 g/mol. The summed E-state index contributed by atoms with van der Waals surface area (Å²) < 4.78 is 10.2. The molecule has 1 unspecified atom stereocenters. The maximum atomic E-state index is 11.0. The van der Waals surface area contributed by atoms with E-state index in [2.05, 4.69) is 5.32 Å². The topological polar surface area (TPSA) is 84.9 Å². The average Bonchev–Trinajstić information content (AvgIpc) is 2.72. The summed E-state index contributed by atoms with van der Waals surface area (Å²) >= 11 is 5.77. The molecule has 1 atom stereocenters. The smallest absolute Gasteiger partial charge is 0.407 e. The predicted octanol–water partition coefficient (Wildman–Crippen LogP) is 1.53. The van der Waals surface area contributed by atoms with Gasteiger partial charge in [0.2, 0.25) is 0 Å². The van der Waals surface area contributed by atoms with E-state index < -0.39 is 18.2 Å². The van der Waals surface area contributed by atoms with E-state index in [1.807, 2.05) is 0 Å². The zero-order valence-electron chi connectivity index (χ0n) is 9.18. The van der Waals surface area contributed by atoms with Crippen LogP contribution in [0.4, 0.5) is 4.79 Å². The van der Waals surface area contributed by atoms with Gasteiger partial charge in [0, 0.05) is 5.02 Å². The van der Waals surface area contributed by atoms with Crippen molar-refractivity contribution in [2.45, 2.75) is 6.10 Å². The zero-order valence-corrected chi connectivity index (χ0v) is 9.94. The monoisotopic (exact) mass is 271 g/mol. The van der Waals surface area contributed by atoms with Crippen molar-refractivity contribution in [3.8, 4) is 5.75 Å². The lowest BCUT2D eigenvalue weighted by Crippen LogP contribution is -2.22. The van der Waals surface area contributed by atoms with Gasteiger partial charge in [-0.1, -0.05) is 11.6 Å². The van der Waals surface area contributed by atoms with Crippen molar-refractivity contribution >= 4 is 23.7 Å². The second kappa shape index (κ2) is 5.14. The van der Waals surface area contributed by atoms with E-state index >= 15 is 0 Å². The molecule has 1 aromatic rings. The van der Waals surface area contributed by atoms with Crippen LogP contribution in [-0.2, 0) is 4.74 Å². The highest BCUT2D eigenvalue weighted by atomic mass is 35.5. The van der Waals surface area contributed by atoms with Crippen molar-refractivity contribution in [3.05, 3.63) is 28.8 Å². The maximum Gasteiger partial charge on any atom is 0.407 e. The molecule has 2 N–H and O–H groups in total. The Labute approximate surface area is 107 Å². The highest BCUT2D eigenvalue weighted by Gasteiger charge is 2.23. The number of ether oxygens (including phenoxy) is 2. The summed E-state index contributed by atoms with van der Waals surface area (Å²) in [5, 5.41) is 11.8. The van der Waals surface area contributed by atoms with Gasteiger partial charge in [-0.05, 0) is 18.2 Å². The number of rotatable bonds is 4. The number of nitrogens with one attached hydrogen (secondary N) is 1. The van der Waals surface area contributed by atoms with Gasteiger partial charge in [-0.2, -0.15) is 0 Å². The van der Waals surface area contributed by atoms with Gasteiger partial charge < -0.3 is 19.9 Å². The Kier molecular flexibility index (Phi) is 3.57. The van der Waals surface area contributed by atoms with Crippen molar-refractivity contribution in [1.29, 1.82) is 0 Å². The molecule has 0 aliphatic carbocycles. The second-order valence-electron chi connectivity index (χ2n) is 3.66. The maximum absolute atomic E-state index is 11.0. The van der Waals surface area contributed by atoms with Crippen LogP contribution < -0.4 is 10.1 Å². The Bertz CT molecular complexity index is 490. The summed E-state index contributed by atoms with van der Waals surface area (Å²) in [4.78, 5) is 21.8. The van der Waals surface area contributed by atoms with Gasteiger partial charge in [0.15, 0.2) is 6.10 Å². The lowest BCUT2D eigenvalue weighted by atomic mass is 10.2. The van der Waals surface area contributed by atoms with Crippen LogP contribution in [0.15, 0.2) is 18.2 Å². The van der Waals surface area contributed by atoms with Crippen LogP contribution in [0.2, 0.25) is 5.02 Å². The van der Waals surface area contributed by atoms with Crippen LogP contribution in [0.3, 0.4) is 0 Å². The number of carbonyl (C=O) groups excluding carboxylic acids is 1. The summed E-state index contributed by atoms with van der Waals surface area (Å²) in [6.07, 6.45) is -0.939. The molecule has 18 heavy (non-hydrogen) atoms. The number of amides is 1. The third kappa shape index (κ3) is 2.84. The molecule has 0 aromatic heterocycles. The number of carbonyl (C=O) groups is 2. The summed E-state index contributed by atoms with van der Waals surface area (Å²) in [6.45, 7) is 0.404. The summed E-state index contributed by atoms with van der Waals surface area (Å²) in [5.41, 5.74) is 0.0108. The van der Waals surface area contributed by atoms with Crippen molar-refractivity contribution < 1.29 is 24.2 Å². The highest BCUT2D eigenvalue weighted by Crippen LogP contribution is 2.24. The molecule has 0 saturated carbocycles. The van der Waals surface area contributed by atoms with Gasteiger partial charge in [0.1, 0.15) is 17.9 Å². The summed E-state index contributed by atoms with van der Waals surface area (Å²) in [7, 11) is 0. The standard InChI is InChI=1S/C11H10ClNO5/c12-6-1-2-8(10(14)15)9(3-6)17-5-7-4-13-11(16)18-7/h1-3,7H,4-5H2,(H,13,16)(H,14,15). The Balaban J connectivity index is 2.06. The number of cyclic esters (lactones) is 1. The molecule has 1 aromatic carbocycles. The molecule has 1 aliphatic heterocycles. The second-order valence-corrected chi connectivity index (χ2v) is 4.10. The van der Waals surface area contributed by atoms with E-state index in [4.69, 9.17) is 26.2 Å². The Hall–Kier alpha value is -1.95. The molecule has 96 valence electrons. The van der Waals surface area contributed by atoms with Crippen LogP contribution in [0, 0.1) is 0 Å². The number of carboxylic acid groups (broad SMARTS) is 1. The molecule has 0 spiro atoms. The molecular weight excluding hydrogens is 262 g/mol. The number of carboxylic acids is 1. The first-order valence-electron chi connectivity index (χ1n) is 5.16. The number of hydrogen-bond donors (Lipinski definition) is 2. The van der Waals surface area contributed by atoms with Crippen LogP contribution in [0.5, 0.6) is 5.75 Å². The minimum Gasteiger partial charge on any atom is -0.489 e. The Morgan fingerprint density at radius 3 is 3.00 bits per heavy atom. The SMILES string of the molecule is O=C1NCC(COc2cc(Cl)ccc2C(=O)O)O1. The fourth-order valence-corrected chi connectivity index (χ4v) is 1.66. The fourth-order valence-electron chi connectivity index (χ4n) is 1.50. The van der Waals surface area contributed by atoms with Gasteiger partial charge in [0.05, 0.1) is 6.54 Å². The molecule has 1 amide bonds. The number of halogens is 1. The molecule has 1 fully saturated rings. The minimum absolute atomic E-state index is 0.0108.